The molecule has 2 atom stereocenters. The monoisotopic (exact) mass is 292 g/mol. The average Bonchev–Trinajstić information content (AvgIpc) is 2.79. The first-order valence-electron chi connectivity index (χ1n) is 7.17. The van der Waals surface area contributed by atoms with Crippen molar-refractivity contribution in [1.29, 1.82) is 0 Å². The van der Waals surface area contributed by atoms with E-state index in [0.29, 0.717) is 11.6 Å². The van der Waals surface area contributed by atoms with Crippen molar-refractivity contribution in [3.8, 4) is 5.88 Å². The average molecular weight is 292 g/mol. The highest BCUT2D eigenvalue weighted by atomic mass is 16.5. The van der Waals surface area contributed by atoms with Crippen LogP contribution in [0.2, 0.25) is 0 Å². The molecule has 1 aromatic heterocycles. The summed E-state index contributed by atoms with van der Waals surface area (Å²) in [6.07, 6.45) is 4.33. The van der Waals surface area contributed by atoms with Crippen LogP contribution < -0.4 is 20.7 Å². The molecule has 1 amide bonds. The van der Waals surface area contributed by atoms with Crippen molar-refractivity contribution < 1.29 is 9.53 Å². The number of aromatic nitrogens is 1. The molecule has 6 nitrogen and oxygen atoms in total. The number of rotatable bonds is 4. The molecule has 0 saturated heterocycles. The molecule has 1 heterocycles. The standard InChI is InChI=1S/C15H24N4O2/c1-15(8-5-6-11(15)16)14(20)18-12-10(19(2)3)7-9-17-13(12)21-4/h7,9,11H,5-6,8,16H2,1-4H3,(H,18,20). The molecule has 3 N–H and O–H groups in total. The summed E-state index contributed by atoms with van der Waals surface area (Å²) >= 11 is 0. The normalized spacial score (nSPS) is 24.7. The van der Waals surface area contributed by atoms with Crippen LogP contribution in [0.5, 0.6) is 5.88 Å². The molecule has 1 saturated carbocycles. The first-order chi connectivity index (χ1) is 9.90. The number of nitrogens with one attached hydrogen (secondary N) is 1. The fraction of sp³-hybridized carbons (Fsp3) is 0.600. The lowest BCUT2D eigenvalue weighted by atomic mass is 9.84. The third kappa shape index (κ3) is 2.81. The van der Waals surface area contributed by atoms with Crippen LogP contribution in [-0.2, 0) is 4.79 Å². The summed E-state index contributed by atoms with van der Waals surface area (Å²) in [6, 6.07) is 1.73. The van der Waals surface area contributed by atoms with Crippen molar-refractivity contribution in [3.05, 3.63) is 12.3 Å². The topological polar surface area (TPSA) is 80.5 Å². The first-order valence-corrected chi connectivity index (χ1v) is 7.17. The SMILES string of the molecule is COc1nccc(N(C)C)c1NC(=O)C1(C)CCCC1N. The van der Waals surface area contributed by atoms with E-state index < -0.39 is 5.41 Å². The van der Waals surface area contributed by atoms with Gasteiger partial charge in [0.1, 0.15) is 5.69 Å². The maximum atomic E-state index is 12.7. The zero-order valence-electron chi connectivity index (χ0n) is 13.1. The molecule has 2 unspecified atom stereocenters. The Balaban J connectivity index is 2.32. The first kappa shape index (κ1) is 15.6. The number of nitrogens with two attached hydrogens (primary N) is 1. The lowest BCUT2D eigenvalue weighted by Gasteiger charge is -2.29. The van der Waals surface area contributed by atoms with E-state index in [4.69, 9.17) is 10.5 Å². The van der Waals surface area contributed by atoms with Gasteiger partial charge in [0.05, 0.1) is 18.2 Å². The molecule has 21 heavy (non-hydrogen) atoms. The van der Waals surface area contributed by atoms with E-state index in [-0.39, 0.29) is 11.9 Å². The Hall–Kier alpha value is -1.82. The molecule has 0 aromatic carbocycles. The molecule has 1 fully saturated rings. The second-order valence-corrected chi connectivity index (χ2v) is 5.98. The number of hydrogen-bond acceptors (Lipinski definition) is 5. The third-order valence-electron chi connectivity index (χ3n) is 4.36. The van der Waals surface area contributed by atoms with Crippen LogP contribution in [0, 0.1) is 5.41 Å². The number of pyridine rings is 1. The fourth-order valence-corrected chi connectivity index (χ4v) is 2.81. The molecule has 116 valence electrons. The van der Waals surface area contributed by atoms with Crippen molar-refractivity contribution in [2.24, 2.45) is 11.1 Å². The molecule has 6 heteroatoms. The molecule has 2 rings (SSSR count). The maximum absolute atomic E-state index is 12.7. The molecule has 0 spiro atoms. The van der Waals surface area contributed by atoms with Gasteiger partial charge in [-0.1, -0.05) is 6.42 Å². The lowest BCUT2D eigenvalue weighted by Crippen LogP contribution is -2.44. The van der Waals surface area contributed by atoms with Crippen LogP contribution in [0.3, 0.4) is 0 Å². The number of carbonyl (C=O) groups is 1. The van der Waals surface area contributed by atoms with Gasteiger partial charge >= 0.3 is 0 Å². The summed E-state index contributed by atoms with van der Waals surface area (Å²) in [4.78, 5) is 18.8. The molecule has 1 aliphatic carbocycles. The summed E-state index contributed by atoms with van der Waals surface area (Å²) in [6.45, 7) is 1.93. The number of nitrogens with zero attached hydrogens (tertiary/aromatic N) is 2. The van der Waals surface area contributed by atoms with E-state index in [1.807, 2.05) is 32.0 Å². The van der Waals surface area contributed by atoms with Crippen LogP contribution in [-0.4, -0.2) is 38.1 Å². The van der Waals surface area contributed by atoms with E-state index in [1.165, 1.54) is 0 Å². The van der Waals surface area contributed by atoms with Gasteiger partial charge in [-0.3, -0.25) is 4.79 Å². The van der Waals surface area contributed by atoms with Crippen LogP contribution in [0.4, 0.5) is 11.4 Å². The Bertz CT molecular complexity index is 532. The minimum atomic E-state index is -0.537. The van der Waals surface area contributed by atoms with Crippen LogP contribution >= 0.6 is 0 Å². The Morgan fingerprint density at radius 1 is 1.57 bits per heavy atom. The van der Waals surface area contributed by atoms with Crippen LogP contribution in [0.1, 0.15) is 26.2 Å². The van der Waals surface area contributed by atoms with Gasteiger partial charge in [-0.25, -0.2) is 4.98 Å². The van der Waals surface area contributed by atoms with Crippen molar-refractivity contribution in [1.82, 2.24) is 4.98 Å². The summed E-state index contributed by atoms with van der Waals surface area (Å²) in [5, 5.41) is 2.98. The maximum Gasteiger partial charge on any atom is 0.239 e. The Kier molecular flexibility index (Phi) is 4.37. The molecule has 0 bridgehead atoms. The summed E-state index contributed by atoms with van der Waals surface area (Å²) in [5.41, 5.74) is 7.03. The Morgan fingerprint density at radius 2 is 2.29 bits per heavy atom. The van der Waals surface area contributed by atoms with Gasteiger partial charge in [-0.15, -0.1) is 0 Å². The summed E-state index contributed by atoms with van der Waals surface area (Å²) in [5.74, 6) is 0.339. The van der Waals surface area contributed by atoms with Crippen molar-refractivity contribution in [2.75, 3.05) is 31.4 Å². The van der Waals surface area contributed by atoms with Gasteiger partial charge < -0.3 is 20.7 Å². The quantitative estimate of drug-likeness (QED) is 0.881. The van der Waals surface area contributed by atoms with Gasteiger partial charge in [-0.05, 0) is 25.8 Å². The van der Waals surface area contributed by atoms with Crippen LogP contribution in [0.15, 0.2) is 12.3 Å². The highest BCUT2D eigenvalue weighted by Gasteiger charge is 2.43. The van der Waals surface area contributed by atoms with E-state index in [9.17, 15) is 4.79 Å². The largest absolute Gasteiger partial charge is 0.479 e. The molecule has 0 aliphatic heterocycles. The van der Waals surface area contributed by atoms with Gasteiger partial charge in [0.15, 0.2) is 0 Å². The van der Waals surface area contributed by atoms with Gasteiger partial charge in [0.2, 0.25) is 11.8 Å². The highest BCUT2D eigenvalue weighted by molar-refractivity contribution is 5.99. The van der Waals surface area contributed by atoms with Gasteiger partial charge in [-0.2, -0.15) is 0 Å². The van der Waals surface area contributed by atoms with Crippen molar-refractivity contribution in [3.63, 3.8) is 0 Å². The van der Waals surface area contributed by atoms with Crippen molar-refractivity contribution in [2.45, 2.75) is 32.2 Å². The molecule has 1 aromatic rings. The fourth-order valence-electron chi connectivity index (χ4n) is 2.81. The predicted octanol–water partition coefficient (Wildman–Crippen LogP) is 1.61. The van der Waals surface area contributed by atoms with Gasteiger partial charge in [0.25, 0.3) is 0 Å². The summed E-state index contributed by atoms with van der Waals surface area (Å²) in [7, 11) is 5.36. The Morgan fingerprint density at radius 3 is 2.81 bits per heavy atom. The predicted molar refractivity (Wildman–Crippen MR) is 83.7 cm³/mol. The molecular weight excluding hydrogens is 268 g/mol. The number of hydrogen-bond donors (Lipinski definition) is 2. The lowest BCUT2D eigenvalue weighted by molar-refractivity contribution is -0.125. The minimum Gasteiger partial charge on any atom is -0.479 e. The molecular formula is C15H24N4O2. The Labute approximate surface area is 125 Å². The molecule has 0 radical (unpaired) electrons. The highest BCUT2D eigenvalue weighted by Crippen LogP contribution is 2.40. The number of carbonyl (C=O) groups excluding carboxylic acids is 1. The third-order valence-corrected chi connectivity index (χ3v) is 4.36. The van der Waals surface area contributed by atoms with Crippen molar-refractivity contribution >= 4 is 17.3 Å². The second kappa shape index (κ2) is 5.89. The van der Waals surface area contributed by atoms with E-state index in [0.717, 1.165) is 24.9 Å². The number of ether oxygens (including phenoxy) is 1. The number of methoxy groups -OCH3 is 1. The smallest absolute Gasteiger partial charge is 0.239 e. The van der Waals surface area contributed by atoms with E-state index in [1.54, 1.807) is 13.3 Å². The molecule has 1 aliphatic rings. The van der Waals surface area contributed by atoms with E-state index >= 15 is 0 Å². The van der Waals surface area contributed by atoms with E-state index in [2.05, 4.69) is 10.3 Å². The van der Waals surface area contributed by atoms with Gasteiger partial charge in [0, 0.05) is 26.3 Å². The van der Waals surface area contributed by atoms with Crippen LogP contribution in [0.25, 0.3) is 0 Å². The number of amides is 1. The summed E-state index contributed by atoms with van der Waals surface area (Å²) < 4.78 is 5.28. The minimum absolute atomic E-state index is 0.0677. The zero-order valence-corrected chi connectivity index (χ0v) is 13.1. The zero-order chi connectivity index (χ0) is 15.6. The number of anilines is 2. The second-order valence-electron chi connectivity index (χ2n) is 5.98.